The van der Waals surface area contributed by atoms with E-state index in [1.807, 2.05) is 50.2 Å². The molecule has 0 radical (unpaired) electrons. The third-order valence-corrected chi connectivity index (χ3v) is 7.49. The maximum atomic E-state index is 13.6. The van der Waals surface area contributed by atoms with Gasteiger partial charge in [-0.3, -0.25) is 9.59 Å². The van der Waals surface area contributed by atoms with Crippen molar-refractivity contribution in [3.63, 3.8) is 0 Å². The smallest absolute Gasteiger partial charge is 0.254 e. The Morgan fingerprint density at radius 3 is 2.50 bits per heavy atom. The molecule has 3 aromatic carbocycles. The lowest BCUT2D eigenvalue weighted by atomic mass is 9.82. The number of para-hydroxylation sites is 1. The molecule has 2 amide bonds. The topological polar surface area (TPSA) is 123 Å². The van der Waals surface area contributed by atoms with Gasteiger partial charge < -0.3 is 25.8 Å². The van der Waals surface area contributed by atoms with E-state index in [0.717, 1.165) is 16.8 Å². The Hall–Kier alpha value is -4.68. The Balaban J connectivity index is 1.67. The number of methoxy groups -OCH3 is 1. The number of phenols is 1. The van der Waals surface area contributed by atoms with Crippen molar-refractivity contribution >= 4 is 35.0 Å². The van der Waals surface area contributed by atoms with Gasteiger partial charge in [0.05, 0.1) is 35.5 Å². The number of phenolic OH excluding ortho intramolecular Hbond substituents is 1. The first-order valence-corrected chi connectivity index (χ1v) is 13.6. The first kappa shape index (κ1) is 28.3. The van der Waals surface area contributed by atoms with Crippen LogP contribution in [0.4, 0.5) is 11.4 Å². The number of anilines is 2. The number of carbonyl (C=O) groups is 2. The van der Waals surface area contributed by atoms with Gasteiger partial charge in [0.1, 0.15) is 0 Å². The second-order valence-corrected chi connectivity index (χ2v) is 10.3. The lowest BCUT2D eigenvalue weighted by Gasteiger charge is -2.30. The SMILES string of the molecule is COc1cc([C@H]2C(C#N)=C(SCC(=O)Nc3cc(C)ccc3C)NC(C)=C2C(=O)Nc2ccccc2)ccc1O. The number of benzene rings is 3. The van der Waals surface area contributed by atoms with Crippen molar-refractivity contribution in [2.75, 3.05) is 23.5 Å². The predicted molar refractivity (Wildman–Crippen MR) is 158 cm³/mol. The minimum atomic E-state index is -0.769. The molecule has 1 atom stereocenters. The highest BCUT2D eigenvalue weighted by molar-refractivity contribution is 8.03. The molecule has 0 saturated heterocycles. The number of nitrogens with zero attached hydrogens (tertiary/aromatic N) is 1. The number of hydrogen-bond donors (Lipinski definition) is 4. The molecule has 1 aliphatic heterocycles. The first-order chi connectivity index (χ1) is 19.2. The molecule has 8 nitrogen and oxygen atoms in total. The van der Waals surface area contributed by atoms with Crippen LogP contribution in [0.15, 0.2) is 88.6 Å². The van der Waals surface area contributed by atoms with Crippen LogP contribution in [-0.4, -0.2) is 29.8 Å². The van der Waals surface area contributed by atoms with Crippen LogP contribution >= 0.6 is 11.8 Å². The van der Waals surface area contributed by atoms with E-state index in [2.05, 4.69) is 22.0 Å². The maximum Gasteiger partial charge on any atom is 0.254 e. The molecular formula is C31H30N4O4S. The van der Waals surface area contributed by atoms with Crippen molar-refractivity contribution in [2.45, 2.75) is 26.7 Å². The third kappa shape index (κ3) is 6.30. The Labute approximate surface area is 237 Å². The highest BCUT2D eigenvalue weighted by Gasteiger charge is 2.35. The number of ether oxygens (including phenoxy) is 1. The van der Waals surface area contributed by atoms with Gasteiger partial charge in [-0.15, -0.1) is 0 Å². The quantitative estimate of drug-likeness (QED) is 0.281. The van der Waals surface area contributed by atoms with Gasteiger partial charge in [0.25, 0.3) is 5.91 Å². The van der Waals surface area contributed by atoms with Gasteiger partial charge in [0.15, 0.2) is 11.5 Å². The summed E-state index contributed by atoms with van der Waals surface area (Å²) in [4.78, 5) is 26.4. The highest BCUT2D eigenvalue weighted by atomic mass is 32.2. The summed E-state index contributed by atoms with van der Waals surface area (Å²) in [6, 6.07) is 21.9. The lowest BCUT2D eigenvalue weighted by Crippen LogP contribution is -2.31. The Morgan fingerprint density at radius 1 is 1.05 bits per heavy atom. The van der Waals surface area contributed by atoms with E-state index >= 15 is 0 Å². The molecule has 0 spiro atoms. The van der Waals surface area contributed by atoms with E-state index in [-0.39, 0.29) is 34.6 Å². The van der Waals surface area contributed by atoms with E-state index < -0.39 is 5.92 Å². The van der Waals surface area contributed by atoms with E-state index in [1.54, 1.807) is 31.2 Å². The summed E-state index contributed by atoms with van der Waals surface area (Å²) in [5.41, 5.74) is 5.09. The number of rotatable bonds is 8. The summed E-state index contributed by atoms with van der Waals surface area (Å²) in [5, 5.41) is 30.0. The van der Waals surface area contributed by atoms with Gasteiger partial charge in [-0.25, -0.2) is 0 Å². The van der Waals surface area contributed by atoms with Gasteiger partial charge in [0, 0.05) is 22.6 Å². The molecule has 3 aromatic rings. The highest BCUT2D eigenvalue weighted by Crippen LogP contribution is 2.43. The second-order valence-electron chi connectivity index (χ2n) is 9.36. The monoisotopic (exact) mass is 554 g/mol. The van der Waals surface area contributed by atoms with Crippen molar-refractivity contribution in [2.24, 2.45) is 0 Å². The summed E-state index contributed by atoms with van der Waals surface area (Å²) in [6.45, 7) is 5.64. The molecule has 40 heavy (non-hydrogen) atoms. The van der Waals surface area contributed by atoms with E-state index in [1.165, 1.54) is 24.9 Å². The normalized spacial score (nSPS) is 14.7. The van der Waals surface area contributed by atoms with Crippen molar-refractivity contribution < 1.29 is 19.4 Å². The van der Waals surface area contributed by atoms with E-state index in [9.17, 15) is 20.0 Å². The molecular weight excluding hydrogens is 524 g/mol. The standard InChI is InChI=1S/C31H30N4O4S/c1-18-10-11-19(2)24(14-18)35-27(37)17-40-31-23(16-32)29(21-12-13-25(36)26(15-21)39-4)28(20(3)33-31)30(38)34-22-8-6-5-7-9-22/h5-15,29,33,36H,17H2,1-4H3,(H,34,38)(H,35,37)/t29-/m0/s1. The van der Waals surface area contributed by atoms with Crippen molar-refractivity contribution in [3.05, 3.63) is 105 Å². The number of nitriles is 1. The lowest BCUT2D eigenvalue weighted by molar-refractivity contribution is -0.114. The molecule has 0 fully saturated rings. The summed E-state index contributed by atoms with van der Waals surface area (Å²) in [7, 11) is 1.43. The minimum absolute atomic E-state index is 0.0470. The Bertz CT molecular complexity index is 1560. The van der Waals surface area contributed by atoms with Crippen LogP contribution in [0.2, 0.25) is 0 Å². The Kier molecular flexibility index (Phi) is 8.82. The van der Waals surface area contributed by atoms with E-state index in [4.69, 9.17) is 4.74 Å². The summed E-state index contributed by atoms with van der Waals surface area (Å²) < 4.78 is 5.30. The fourth-order valence-electron chi connectivity index (χ4n) is 4.45. The molecule has 0 unspecified atom stereocenters. The molecule has 1 heterocycles. The molecule has 204 valence electrons. The van der Waals surface area contributed by atoms with Crippen LogP contribution in [0, 0.1) is 25.2 Å². The molecule has 1 aliphatic rings. The van der Waals surface area contributed by atoms with Crippen molar-refractivity contribution in [1.82, 2.24) is 5.32 Å². The number of amides is 2. The molecule has 0 aromatic heterocycles. The average molecular weight is 555 g/mol. The van der Waals surface area contributed by atoms with Gasteiger partial charge >= 0.3 is 0 Å². The molecule has 0 saturated carbocycles. The summed E-state index contributed by atoms with van der Waals surface area (Å²) in [6.07, 6.45) is 0. The summed E-state index contributed by atoms with van der Waals surface area (Å²) >= 11 is 1.19. The van der Waals surface area contributed by atoms with Gasteiger partial charge in [-0.05, 0) is 67.8 Å². The number of allylic oxidation sites excluding steroid dienone is 2. The number of aryl methyl sites for hydroxylation is 2. The fourth-order valence-corrected chi connectivity index (χ4v) is 5.34. The summed E-state index contributed by atoms with van der Waals surface area (Å²) in [5.74, 6) is -1.16. The van der Waals surface area contributed by atoms with Crippen LogP contribution in [0.25, 0.3) is 0 Å². The number of nitrogens with one attached hydrogen (secondary N) is 3. The number of aromatic hydroxyl groups is 1. The molecule has 4 rings (SSSR count). The first-order valence-electron chi connectivity index (χ1n) is 12.6. The number of thioether (sulfide) groups is 1. The van der Waals surface area contributed by atoms with Crippen molar-refractivity contribution in [1.29, 1.82) is 5.26 Å². The number of hydrogen-bond acceptors (Lipinski definition) is 7. The zero-order chi connectivity index (χ0) is 28.8. The number of carbonyl (C=O) groups excluding carboxylic acids is 2. The van der Waals surface area contributed by atoms with Crippen LogP contribution < -0.4 is 20.7 Å². The molecule has 4 N–H and O–H groups in total. The van der Waals surface area contributed by atoms with Gasteiger partial charge in [0.2, 0.25) is 5.91 Å². The average Bonchev–Trinajstić information content (AvgIpc) is 2.94. The maximum absolute atomic E-state index is 13.6. The Morgan fingerprint density at radius 2 is 1.80 bits per heavy atom. The largest absolute Gasteiger partial charge is 0.504 e. The van der Waals surface area contributed by atoms with Crippen LogP contribution in [0.1, 0.15) is 29.5 Å². The van der Waals surface area contributed by atoms with Gasteiger partial charge in [-0.2, -0.15) is 5.26 Å². The zero-order valence-electron chi connectivity index (χ0n) is 22.7. The van der Waals surface area contributed by atoms with Crippen LogP contribution in [0.5, 0.6) is 11.5 Å². The second kappa shape index (κ2) is 12.5. The van der Waals surface area contributed by atoms with Crippen LogP contribution in [0.3, 0.4) is 0 Å². The zero-order valence-corrected chi connectivity index (χ0v) is 23.5. The van der Waals surface area contributed by atoms with Crippen LogP contribution in [-0.2, 0) is 9.59 Å². The third-order valence-electron chi connectivity index (χ3n) is 6.48. The minimum Gasteiger partial charge on any atom is -0.504 e. The molecule has 0 bridgehead atoms. The molecule has 0 aliphatic carbocycles. The fraction of sp³-hybridized carbons (Fsp3) is 0.194. The number of dihydropyridines is 1. The van der Waals surface area contributed by atoms with Crippen molar-refractivity contribution in [3.8, 4) is 17.6 Å². The van der Waals surface area contributed by atoms with E-state index in [0.29, 0.717) is 27.6 Å². The molecule has 9 heteroatoms. The van der Waals surface area contributed by atoms with Gasteiger partial charge in [-0.1, -0.05) is 48.2 Å². The predicted octanol–water partition coefficient (Wildman–Crippen LogP) is 5.72.